The standard InChI is InChI=1S/C20H18N2O/c1-14(2)15-7-9-16(10-8-15)20(23)12-11-17-13-21-18-5-3-4-6-19(18)22-17/h3-14H,1-2H3/b12-11+. The lowest BCUT2D eigenvalue weighted by Gasteiger charge is -2.05. The molecular formula is C20H18N2O. The second kappa shape index (κ2) is 6.53. The second-order valence-corrected chi connectivity index (χ2v) is 5.76. The number of benzene rings is 2. The van der Waals surface area contributed by atoms with Gasteiger partial charge in [-0.05, 0) is 35.8 Å². The normalized spacial score (nSPS) is 11.4. The summed E-state index contributed by atoms with van der Waals surface area (Å²) < 4.78 is 0. The van der Waals surface area contributed by atoms with Crippen LogP contribution in [0.15, 0.2) is 60.8 Å². The molecule has 0 aliphatic rings. The third-order valence-corrected chi connectivity index (χ3v) is 3.73. The van der Waals surface area contributed by atoms with E-state index in [9.17, 15) is 4.79 Å². The van der Waals surface area contributed by atoms with E-state index in [1.165, 1.54) is 5.56 Å². The van der Waals surface area contributed by atoms with Crippen molar-refractivity contribution in [1.82, 2.24) is 9.97 Å². The molecule has 0 spiro atoms. The summed E-state index contributed by atoms with van der Waals surface area (Å²) in [6.45, 7) is 4.27. The third kappa shape index (κ3) is 3.51. The number of carbonyl (C=O) groups excluding carboxylic acids is 1. The van der Waals surface area contributed by atoms with Crippen LogP contribution in [0, 0.1) is 0 Å². The van der Waals surface area contributed by atoms with Crippen LogP contribution in [0.1, 0.15) is 41.4 Å². The van der Waals surface area contributed by atoms with E-state index >= 15 is 0 Å². The van der Waals surface area contributed by atoms with Crippen LogP contribution in [0.4, 0.5) is 0 Å². The molecule has 3 nitrogen and oxygen atoms in total. The summed E-state index contributed by atoms with van der Waals surface area (Å²) in [6.07, 6.45) is 4.93. The Labute approximate surface area is 135 Å². The quantitative estimate of drug-likeness (QED) is 0.520. The summed E-state index contributed by atoms with van der Waals surface area (Å²) in [5.74, 6) is 0.429. The van der Waals surface area contributed by atoms with Gasteiger partial charge in [0.1, 0.15) is 0 Å². The lowest BCUT2D eigenvalue weighted by atomic mass is 10.0. The van der Waals surface area contributed by atoms with Crippen molar-refractivity contribution in [2.45, 2.75) is 19.8 Å². The van der Waals surface area contributed by atoms with Crippen LogP contribution in [-0.4, -0.2) is 15.8 Å². The van der Waals surface area contributed by atoms with Gasteiger partial charge in [-0.3, -0.25) is 9.78 Å². The van der Waals surface area contributed by atoms with Crippen LogP contribution in [0.5, 0.6) is 0 Å². The van der Waals surface area contributed by atoms with E-state index in [-0.39, 0.29) is 5.78 Å². The first-order chi connectivity index (χ1) is 11.1. The molecule has 1 heterocycles. The van der Waals surface area contributed by atoms with Gasteiger partial charge < -0.3 is 0 Å². The molecule has 0 N–H and O–H groups in total. The highest BCUT2D eigenvalue weighted by Crippen LogP contribution is 2.15. The number of hydrogen-bond acceptors (Lipinski definition) is 3. The number of rotatable bonds is 4. The lowest BCUT2D eigenvalue weighted by Crippen LogP contribution is -1.96. The molecule has 3 rings (SSSR count). The Morgan fingerprint density at radius 3 is 2.39 bits per heavy atom. The fourth-order valence-corrected chi connectivity index (χ4v) is 2.34. The Bertz CT molecular complexity index is 864. The summed E-state index contributed by atoms with van der Waals surface area (Å²) in [6, 6.07) is 15.4. The number of hydrogen-bond donors (Lipinski definition) is 0. The molecule has 0 amide bonds. The van der Waals surface area contributed by atoms with E-state index in [1.54, 1.807) is 18.3 Å². The molecule has 3 heteroatoms. The minimum atomic E-state index is -0.0322. The predicted molar refractivity (Wildman–Crippen MR) is 93.4 cm³/mol. The maximum atomic E-state index is 12.2. The molecule has 0 aliphatic carbocycles. The van der Waals surface area contributed by atoms with Gasteiger partial charge in [0.15, 0.2) is 5.78 Å². The molecule has 114 valence electrons. The van der Waals surface area contributed by atoms with Crippen molar-refractivity contribution in [3.8, 4) is 0 Å². The van der Waals surface area contributed by atoms with Gasteiger partial charge in [-0.25, -0.2) is 4.98 Å². The molecule has 0 radical (unpaired) electrons. The van der Waals surface area contributed by atoms with Gasteiger partial charge in [0.2, 0.25) is 0 Å². The predicted octanol–water partition coefficient (Wildman–Crippen LogP) is 4.65. The summed E-state index contributed by atoms with van der Waals surface area (Å²) in [5.41, 5.74) is 4.25. The molecule has 0 aliphatic heterocycles. The Balaban J connectivity index is 1.78. The fourth-order valence-electron chi connectivity index (χ4n) is 2.34. The van der Waals surface area contributed by atoms with Crippen molar-refractivity contribution in [3.63, 3.8) is 0 Å². The zero-order chi connectivity index (χ0) is 16.2. The van der Waals surface area contributed by atoms with E-state index in [1.807, 2.05) is 48.5 Å². The number of nitrogens with zero attached hydrogens (tertiary/aromatic N) is 2. The van der Waals surface area contributed by atoms with E-state index in [0.717, 1.165) is 11.0 Å². The van der Waals surface area contributed by atoms with Crippen LogP contribution in [-0.2, 0) is 0 Å². The molecule has 0 saturated heterocycles. The molecule has 3 aromatic rings. The van der Waals surface area contributed by atoms with Crippen LogP contribution in [0.3, 0.4) is 0 Å². The number of allylic oxidation sites excluding steroid dienone is 1. The molecule has 0 bridgehead atoms. The van der Waals surface area contributed by atoms with Crippen LogP contribution in [0.25, 0.3) is 17.1 Å². The number of carbonyl (C=O) groups is 1. The molecule has 0 saturated carbocycles. The van der Waals surface area contributed by atoms with E-state index < -0.39 is 0 Å². The zero-order valence-electron chi connectivity index (χ0n) is 13.2. The van der Waals surface area contributed by atoms with Crippen LogP contribution < -0.4 is 0 Å². The topological polar surface area (TPSA) is 42.9 Å². The van der Waals surface area contributed by atoms with Crippen molar-refractivity contribution >= 4 is 22.9 Å². The Morgan fingerprint density at radius 1 is 1.00 bits per heavy atom. The monoisotopic (exact) mass is 302 g/mol. The number of fused-ring (bicyclic) bond motifs is 1. The third-order valence-electron chi connectivity index (χ3n) is 3.73. The molecular weight excluding hydrogens is 284 g/mol. The van der Waals surface area contributed by atoms with Crippen molar-refractivity contribution < 1.29 is 4.79 Å². The summed E-state index contributed by atoms with van der Waals surface area (Å²) in [4.78, 5) is 21.0. The van der Waals surface area contributed by atoms with Crippen molar-refractivity contribution in [1.29, 1.82) is 0 Å². The first-order valence-electron chi connectivity index (χ1n) is 7.67. The van der Waals surface area contributed by atoms with Crippen LogP contribution >= 0.6 is 0 Å². The number of ketones is 1. The molecule has 2 aromatic carbocycles. The van der Waals surface area contributed by atoms with Crippen molar-refractivity contribution in [3.05, 3.63) is 77.6 Å². The summed E-state index contributed by atoms with van der Waals surface area (Å²) in [5, 5.41) is 0. The van der Waals surface area contributed by atoms with Gasteiger partial charge in [0.05, 0.1) is 22.9 Å². The zero-order valence-corrected chi connectivity index (χ0v) is 13.2. The van der Waals surface area contributed by atoms with Crippen molar-refractivity contribution in [2.24, 2.45) is 0 Å². The highest BCUT2D eigenvalue weighted by atomic mass is 16.1. The SMILES string of the molecule is CC(C)c1ccc(C(=O)/C=C/c2cnc3ccccc3n2)cc1. The number of para-hydroxylation sites is 2. The Morgan fingerprint density at radius 2 is 1.70 bits per heavy atom. The van der Waals surface area contributed by atoms with Gasteiger partial charge in [0.25, 0.3) is 0 Å². The van der Waals surface area contributed by atoms with Gasteiger partial charge in [-0.1, -0.05) is 50.2 Å². The maximum absolute atomic E-state index is 12.2. The van der Waals surface area contributed by atoms with E-state index in [2.05, 4.69) is 23.8 Å². The second-order valence-electron chi connectivity index (χ2n) is 5.76. The average Bonchev–Trinajstić information content (AvgIpc) is 2.59. The Kier molecular flexibility index (Phi) is 4.29. The highest BCUT2D eigenvalue weighted by molar-refractivity contribution is 6.06. The lowest BCUT2D eigenvalue weighted by molar-refractivity contribution is 0.104. The molecule has 0 fully saturated rings. The van der Waals surface area contributed by atoms with Crippen molar-refractivity contribution in [2.75, 3.05) is 0 Å². The largest absolute Gasteiger partial charge is 0.289 e. The smallest absolute Gasteiger partial charge is 0.185 e. The highest BCUT2D eigenvalue weighted by Gasteiger charge is 2.04. The maximum Gasteiger partial charge on any atom is 0.185 e. The van der Waals surface area contributed by atoms with E-state index in [0.29, 0.717) is 17.2 Å². The van der Waals surface area contributed by atoms with Gasteiger partial charge >= 0.3 is 0 Å². The molecule has 0 atom stereocenters. The first kappa shape index (κ1) is 15.1. The van der Waals surface area contributed by atoms with E-state index in [4.69, 9.17) is 0 Å². The summed E-state index contributed by atoms with van der Waals surface area (Å²) >= 11 is 0. The molecule has 1 aromatic heterocycles. The van der Waals surface area contributed by atoms with Gasteiger partial charge in [-0.15, -0.1) is 0 Å². The molecule has 23 heavy (non-hydrogen) atoms. The minimum absolute atomic E-state index is 0.0322. The Hall–Kier alpha value is -2.81. The fraction of sp³-hybridized carbons (Fsp3) is 0.150. The van der Waals surface area contributed by atoms with Gasteiger partial charge in [0, 0.05) is 5.56 Å². The molecule has 0 unspecified atom stereocenters. The first-order valence-corrected chi connectivity index (χ1v) is 7.67. The average molecular weight is 302 g/mol. The number of aromatic nitrogens is 2. The van der Waals surface area contributed by atoms with Gasteiger partial charge in [-0.2, -0.15) is 0 Å². The van der Waals surface area contributed by atoms with Crippen LogP contribution in [0.2, 0.25) is 0 Å². The minimum Gasteiger partial charge on any atom is -0.289 e. The summed E-state index contributed by atoms with van der Waals surface area (Å²) in [7, 11) is 0.